The largest absolute Gasteiger partial charge is 0.497 e. The number of methoxy groups -OCH3 is 1. The van der Waals surface area contributed by atoms with Gasteiger partial charge in [-0.05, 0) is 35.9 Å². The predicted molar refractivity (Wildman–Crippen MR) is 86.6 cm³/mol. The minimum absolute atomic E-state index is 0.785. The summed E-state index contributed by atoms with van der Waals surface area (Å²) in [5.41, 5.74) is 8.84. The van der Waals surface area contributed by atoms with Crippen LogP contribution in [0.1, 0.15) is 5.56 Å². The van der Waals surface area contributed by atoms with Crippen LogP contribution in [-0.4, -0.2) is 12.1 Å². The molecule has 5 heteroatoms. The Kier molecular flexibility index (Phi) is 3.80. The van der Waals surface area contributed by atoms with Crippen LogP contribution in [0.3, 0.4) is 0 Å². The van der Waals surface area contributed by atoms with Crippen LogP contribution in [0.15, 0.2) is 46.8 Å². The Morgan fingerprint density at radius 3 is 2.75 bits per heavy atom. The number of thioether (sulfide) groups is 1. The third-order valence-electron chi connectivity index (χ3n) is 2.91. The molecule has 102 valence electrons. The maximum atomic E-state index is 5.79. The number of ether oxygens (including phenoxy) is 1. The highest BCUT2D eigenvalue weighted by atomic mass is 32.2. The van der Waals surface area contributed by atoms with Crippen molar-refractivity contribution in [3.8, 4) is 5.75 Å². The number of hydrogen-bond donors (Lipinski definition) is 1. The van der Waals surface area contributed by atoms with Crippen LogP contribution < -0.4 is 10.5 Å². The van der Waals surface area contributed by atoms with Gasteiger partial charge in [-0.15, -0.1) is 11.3 Å². The highest BCUT2D eigenvalue weighted by Crippen LogP contribution is 2.32. The summed E-state index contributed by atoms with van der Waals surface area (Å²) >= 11 is 3.43. The molecule has 0 saturated heterocycles. The van der Waals surface area contributed by atoms with Crippen LogP contribution in [0.2, 0.25) is 0 Å². The standard InChI is InChI=1S/C15H14N2OS2/c1-18-12-5-2-10(3-6-12)9-19-15-17-13-7-4-11(16)8-14(13)20-15/h2-8H,9,16H2,1H3. The van der Waals surface area contributed by atoms with E-state index in [0.717, 1.165) is 31.7 Å². The average molecular weight is 302 g/mol. The van der Waals surface area contributed by atoms with Gasteiger partial charge in [0.05, 0.1) is 17.3 Å². The van der Waals surface area contributed by atoms with Crippen molar-refractivity contribution >= 4 is 39.0 Å². The van der Waals surface area contributed by atoms with Crippen LogP contribution in [0.4, 0.5) is 5.69 Å². The van der Waals surface area contributed by atoms with E-state index in [-0.39, 0.29) is 0 Å². The van der Waals surface area contributed by atoms with E-state index in [2.05, 4.69) is 17.1 Å². The first-order chi connectivity index (χ1) is 9.74. The van der Waals surface area contributed by atoms with Gasteiger partial charge in [-0.2, -0.15) is 0 Å². The molecule has 3 rings (SSSR count). The average Bonchev–Trinajstić information content (AvgIpc) is 2.87. The Morgan fingerprint density at radius 2 is 2.00 bits per heavy atom. The van der Waals surface area contributed by atoms with E-state index < -0.39 is 0 Å². The lowest BCUT2D eigenvalue weighted by molar-refractivity contribution is 0.414. The molecule has 0 aliphatic rings. The molecule has 1 aromatic heterocycles. The normalized spacial score (nSPS) is 10.8. The molecule has 2 N–H and O–H groups in total. The summed E-state index contributed by atoms with van der Waals surface area (Å²) in [4.78, 5) is 4.60. The second-order valence-electron chi connectivity index (χ2n) is 4.34. The molecular formula is C15H14N2OS2. The van der Waals surface area contributed by atoms with Gasteiger partial charge >= 0.3 is 0 Å². The number of thiazole rings is 1. The van der Waals surface area contributed by atoms with Gasteiger partial charge in [-0.3, -0.25) is 0 Å². The zero-order chi connectivity index (χ0) is 13.9. The number of aromatic nitrogens is 1. The molecule has 0 bridgehead atoms. The molecule has 0 unspecified atom stereocenters. The highest BCUT2D eigenvalue weighted by Gasteiger charge is 2.05. The molecule has 0 radical (unpaired) electrons. The summed E-state index contributed by atoms with van der Waals surface area (Å²) in [5, 5.41) is 0. The highest BCUT2D eigenvalue weighted by molar-refractivity contribution is 8.00. The molecule has 2 aromatic carbocycles. The predicted octanol–water partition coefficient (Wildman–Crippen LogP) is 4.18. The first-order valence-corrected chi connectivity index (χ1v) is 7.96. The lowest BCUT2D eigenvalue weighted by atomic mass is 10.2. The monoisotopic (exact) mass is 302 g/mol. The van der Waals surface area contributed by atoms with Gasteiger partial charge in [-0.25, -0.2) is 4.98 Å². The maximum Gasteiger partial charge on any atom is 0.151 e. The van der Waals surface area contributed by atoms with Crippen molar-refractivity contribution in [3.63, 3.8) is 0 Å². The Bertz CT molecular complexity index is 722. The van der Waals surface area contributed by atoms with Crippen molar-refractivity contribution in [2.75, 3.05) is 12.8 Å². The van der Waals surface area contributed by atoms with Crippen molar-refractivity contribution in [1.29, 1.82) is 0 Å². The van der Waals surface area contributed by atoms with Crippen LogP contribution in [0, 0.1) is 0 Å². The number of fused-ring (bicyclic) bond motifs is 1. The number of anilines is 1. The number of rotatable bonds is 4. The SMILES string of the molecule is COc1ccc(CSc2nc3ccc(N)cc3s2)cc1. The zero-order valence-electron chi connectivity index (χ0n) is 11.0. The van der Waals surface area contributed by atoms with E-state index in [1.807, 2.05) is 30.3 Å². The van der Waals surface area contributed by atoms with Crippen LogP contribution in [0.25, 0.3) is 10.2 Å². The fraction of sp³-hybridized carbons (Fsp3) is 0.133. The fourth-order valence-corrected chi connectivity index (χ4v) is 3.92. The third-order valence-corrected chi connectivity index (χ3v) is 5.15. The van der Waals surface area contributed by atoms with E-state index in [4.69, 9.17) is 10.5 Å². The van der Waals surface area contributed by atoms with E-state index in [1.54, 1.807) is 30.2 Å². The zero-order valence-corrected chi connectivity index (χ0v) is 12.6. The number of hydrogen-bond acceptors (Lipinski definition) is 5. The molecule has 0 aliphatic heterocycles. The van der Waals surface area contributed by atoms with E-state index in [1.165, 1.54) is 5.56 Å². The van der Waals surface area contributed by atoms with Gasteiger partial charge < -0.3 is 10.5 Å². The number of nitrogens with two attached hydrogens (primary N) is 1. The third kappa shape index (κ3) is 2.89. The lowest BCUT2D eigenvalue weighted by Crippen LogP contribution is -1.84. The molecule has 0 aliphatic carbocycles. The van der Waals surface area contributed by atoms with Gasteiger partial charge in [-0.1, -0.05) is 23.9 Å². The summed E-state index contributed by atoms with van der Waals surface area (Å²) in [6.45, 7) is 0. The summed E-state index contributed by atoms with van der Waals surface area (Å²) in [7, 11) is 1.68. The maximum absolute atomic E-state index is 5.79. The van der Waals surface area contributed by atoms with Gasteiger partial charge in [0.2, 0.25) is 0 Å². The van der Waals surface area contributed by atoms with Crippen molar-refractivity contribution in [2.45, 2.75) is 10.1 Å². The molecule has 0 fully saturated rings. The first-order valence-electron chi connectivity index (χ1n) is 6.16. The van der Waals surface area contributed by atoms with Crippen molar-refractivity contribution in [1.82, 2.24) is 4.98 Å². The number of nitrogens with zero attached hydrogens (tertiary/aromatic N) is 1. The summed E-state index contributed by atoms with van der Waals surface area (Å²) in [6.07, 6.45) is 0. The molecule has 3 nitrogen and oxygen atoms in total. The molecule has 1 heterocycles. The van der Waals surface area contributed by atoms with Gasteiger partial charge in [0.15, 0.2) is 4.34 Å². The fourth-order valence-electron chi connectivity index (χ4n) is 1.85. The van der Waals surface area contributed by atoms with E-state index in [0.29, 0.717) is 0 Å². The molecule has 0 amide bonds. The summed E-state index contributed by atoms with van der Waals surface area (Å²) in [6, 6.07) is 14.0. The quantitative estimate of drug-likeness (QED) is 0.580. The number of benzene rings is 2. The Hall–Kier alpha value is -1.72. The Balaban J connectivity index is 1.72. The molecule has 3 aromatic rings. The van der Waals surface area contributed by atoms with Crippen LogP contribution in [0.5, 0.6) is 5.75 Å². The second-order valence-corrected chi connectivity index (χ2v) is 6.60. The Labute approximate surface area is 125 Å². The second kappa shape index (κ2) is 5.73. The van der Waals surface area contributed by atoms with Crippen LogP contribution in [-0.2, 0) is 5.75 Å². The molecule has 0 saturated carbocycles. The van der Waals surface area contributed by atoms with E-state index >= 15 is 0 Å². The van der Waals surface area contributed by atoms with Crippen molar-refractivity contribution in [3.05, 3.63) is 48.0 Å². The van der Waals surface area contributed by atoms with Crippen molar-refractivity contribution in [2.24, 2.45) is 0 Å². The smallest absolute Gasteiger partial charge is 0.151 e. The van der Waals surface area contributed by atoms with Gasteiger partial charge in [0, 0.05) is 11.4 Å². The molecule has 20 heavy (non-hydrogen) atoms. The minimum Gasteiger partial charge on any atom is -0.497 e. The molecular weight excluding hydrogens is 288 g/mol. The topological polar surface area (TPSA) is 48.1 Å². The molecule has 0 atom stereocenters. The summed E-state index contributed by atoms with van der Waals surface area (Å²) in [5.74, 6) is 1.79. The first kappa shape index (κ1) is 13.3. The van der Waals surface area contributed by atoms with Crippen molar-refractivity contribution < 1.29 is 4.74 Å². The number of nitrogen functional groups attached to an aromatic ring is 1. The Morgan fingerprint density at radius 1 is 1.20 bits per heavy atom. The van der Waals surface area contributed by atoms with Crippen LogP contribution >= 0.6 is 23.1 Å². The van der Waals surface area contributed by atoms with Gasteiger partial charge in [0.25, 0.3) is 0 Å². The summed E-state index contributed by atoms with van der Waals surface area (Å²) < 4.78 is 7.37. The van der Waals surface area contributed by atoms with Gasteiger partial charge in [0.1, 0.15) is 5.75 Å². The van der Waals surface area contributed by atoms with E-state index in [9.17, 15) is 0 Å². The minimum atomic E-state index is 0.785. The lowest BCUT2D eigenvalue weighted by Gasteiger charge is -2.01. The molecule has 0 spiro atoms.